The van der Waals surface area contributed by atoms with Gasteiger partial charge in [-0.1, -0.05) is 37.0 Å². The van der Waals surface area contributed by atoms with Gasteiger partial charge < -0.3 is 4.74 Å². The van der Waals surface area contributed by atoms with E-state index in [1.165, 1.54) is 12.5 Å². The number of allylic oxidation sites excluding steroid dienone is 2. The second kappa shape index (κ2) is 6.56. The summed E-state index contributed by atoms with van der Waals surface area (Å²) in [6, 6.07) is 0. The van der Waals surface area contributed by atoms with E-state index in [0.29, 0.717) is 10.1 Å². The van der Waals surface area contributed by atoms with Crippen LogP contribution in [0, 0.1) is 0 Å². The molecule has 0 atom stereocenters. The van der Waals surface area contributed by atoms with E-state index in [4.69, 9.17) is 27.9 Å². The highest BCUT2D eigenvalue weighted by Crippen LogP contribution is 2.09. The maximum Gasteiger partial charge on any atom is 0.105 e. The topological polar surface area (TPSA) is 9.23 Å². The van der Waals surface area contributed by atoms with E-state index in [-0.39, 0.29) is 0 Å². The standard InChI is InChI=1S/C8H12Cl2O/c1-3-7(9)5-11-6-8(10)4-2/h5-6H,3-4H2,1-2H3. The lowest BCUT2D eigenvalue weighted by atomic mass is 10.5. The van der Waals surface area contributed by atoms with E-state index in [2.05, 4.69) is 0 Å². The fourth-order valence-electron chi connectivity index (χ4n) is 0.348. The lowest BCUT2D eigenvalue weighted by Crippen LogP contribution is -1.73. The minimum Gasteiger partial charge on any atom is -0.470 e. The first-order chi connectivity index (χ1) is 5.20. The molecule has 0 fully saturated rings. The molecule has 0 bridgehead atoms. The number of rotatable bonds is 4. The molecule has 0 spiro atoms. The molecule has 0 aromatic heterocycles. The van der Waals surface area contributed by atoms with Crippen molar-refractivity contribution >= 4 is 23.2 Å². The highest BCUT2D eigenvalue weighted by atomic mass is 35.5. The zero-order chi connectivity index (χ0) is 8.69. The molecule has 1 nitrogen and oxygen atoms in total. The van der Waals surface area contributed by atoms with Crippen molar-refractivity contribution in [3.63, 3.8) is 0 Å². The van der Waals surface area contributed by atoms with Gasteiger partial charge in [0.05, 0.1) is 10.1 Å². The fraction of sp³-hybridized carbons (Fsp3) is 0.500. The van der Waals surface area contributed by atoms with Gasteiger partial charge in [-0.3, -0.25) is 0 Å². The fourth-order valence-corrected chi connectivity index (χ4v) is 0.451. The number of hydrogen-bond acceptors (Lipinski definition) is 1. The summed E-state index contributed by atoms with van der Waals surface area (Å²) in [6.45, 7) is 3.90. The summed E-state index contributed by atoms with van der Waals surface area (Å²) in [4.78, 5) is 0. The summed E-state index contributed by atoms with van der Waals surface area (Å²) in [6.07, 6.45) is 4.53. The van der Waals surface area contributed by atoms with Crippen molar-refractivity contribution in [2.24, 2.45) is 0 Å². The Kier molecular flexibility index (Phi) is 6.48. The Labute approximate surface area is 77.6 Å². The van der Waals surface area contributed by atoms with Crippen LogP contribution >= 0.6 is 23.2 Å². The third-order valence-corrected chi connectivity index (χ3v) is 1.78. The van der Waals surface area contributed by atoms with Crippen LogP contribution in [0.1, 0.15) is 26.7 Å². The average molecular weight is 195 g/mol. The highest BCUT2D eigenvalue weighted by molar-refractivity contribution is 6.29. The molecule has 0 aromatic rings. The lowest BCUT2D eigenvalue weighted by Gasteiger charge is -1.94. The van der Waals surface area contributed by atoms with Gasteiger partial charge >= 0.3 is 0 Å². The maximum atomic E-state index is 5.66. The Balaban J connectivity index is 3.71. The van der Waals surface area contributed by atoms with Crippen LogP contribution in [-0.4, -0.2) is 0 Å². The van der Waals surface area contributed by atoms with Crippen LogP contribution in [0.3, 0.4) is 0 Å². The van der Waals surface area contributed by atoms with Crippen molar-refractivity contribution in [3.8, 4) is 0 Å². The maximum absolute atomic E-state index is 5.66. The van der Waals surface area contributed by atoms with Crippen molar-refractivity contribution in [1.29, 1.82) is 0 Å². The Morgan fingerprint density at radius 2 is 1.45 bits per heavy atom. The summed E-state index contributed by atoms with van der Waals surface area (Å²) in [7, 11) is 0. The number of hydrogen-bond donors (Lipinski definition) is 0. The smallest absolute Gasteiger partial charge is 0.105 e. The first-order valence-corrected chi connectivity index (χ1v) is 4.30. The minimum absolute atomic E-state index is 0.682. The van der Waals surface area contributed by atoms with Crippen molar-refractivity contribution in [3.05, 3.63) is 22.6 Å². The lowest BCUT2D eigenvalue weighted by molar-refractivity contribution is 0.396. The van der Waals surface area contributed by atoms with Crippen LogP contribution in [0.4, 0.5) is 0 Å². The van der Waals surface area contributed by atoms with Crippen molar-refractivity contribution in [2.45, 2.75) is 26.7 Å². The van der Waals surface area contributed by atoms with Crippen molar-refractivity contribution in [2.75, 3.05) is 0 Å². The molecule has 0 radical (unpaired) electrons. The van der Waals surface area contributed by atoms with Crippen molar-refractivity contribution in [1.82, 2.24) is 0 Å². The Morgan fingerprint density at radius 1 is 1.09 bits per heavy atom. The van der Waals surface area contributed by atoms with Crippen LogP contribution in [0.25, 0.3) is 0 Å². The molecule has 11 heavy (non-hydrogen) atoms. The molecule has 0 saturated carbocycles. The molecule has 64 valence electrons. The molecule has 0 rings (SSSR count). The molecule has 0 heterocycles. The van der Waals surface area contributed by atoms with Crippen molar-refractivity contribution < 1.29 is 4.74 Å². The van der Waals surface area contributed by atoms with Gasteiger partial charge in [-0.15, -0.1) is 0 Å². The Hall–Kier alpha value is -0.140. The zero-order valence-electron chi connectivity index (χ0n) is 6.73. The zero-order valence-corrected chi connectivity index (χ0v) is 8.24. The van der Waals surface area contributed by atoms with E-state index < -0.39 is 0 Å². The van der Waals surface area contributed by atoms with Gasteiger partial charge in [-0.05, 0) is 12.8 Å². The van der Waals surface area contributed by atoms with E-state index in [1.54, 1.807) is 0 Å². The van der Waals surface area contributed by atoms with Gasteiger partial charge in [0.1, 0.15) is 12.5 Å². The minimum atomic E-state index is 0.682. The molecule has 0 amide bonds. The normalized spacial score (nSPS) is 13.5. The highest BCUT2D eigenvalue weighted by Gasteiger charge is 1.87. The van der Waals surface area contributed by atoms with Gasteiger partial charge in [0, 0.05) is 0 Å². The second-order valence-corrected chi connectivity index (χ2v) is 2.94. The van der Waals surface area contributed by atoms with Crippen LogP contribution in [0.5, 0.6) is 0 Å². The molecule has 0 aliphatic rings. The van der Waals surface area contributed by atoms with Gasteiger partial charge in [-0.2, -0.15) is 0 Å². The first-order valence-electron chi connectivity index (χ1n) is 3.55. The summed E-state index contributed by atoms with van der Waals surface area (Å²) in [5, 5.41) is 1.36. The summed E-state index contributed by atoms with van der Waals surface area (Å²) in [5.41, 5.74) is 0. The molecule has 0 N–H and O–H groups in total. The van der Waals surface area contributed by atoms with Gasteiger partial charge in [-0.25, -0.2) is 0 Å². The third kappa shape index (κ3) is 6.27. The number of halogens is 2. The molecular formula is C8H12Cl2O. The second-order valence-electron chi connectivity index (χ2n) is 1.97. The SMILES string of the molecule is CCC(Cl)=COC=C(Cl)CC. The summed E-state index contributed by atoms with van der Waals surface area (Å²) in [5.74, 6) is 0. The summed E-state index contributed by atoms with van der Waals surface area (Å²) >= 11 is 11.3. The van der Waals surface area contributed by atoms with E-state index in [1.807, 2.05) is 13.8 Å². The Bertz CT molecular complexity index is 143. The van der Waals surface area contributed by atoms with Crippen LogP contribution in [0.15, 0.2) is 22.6 Å². The molecular weight excluding hydrogens is 183 g/mol. The molecule has 0 aliphatic carbocycles. The van der Waals surface area contributed by atoms with Crippen LogP contribution in [-0.2, 0) is 4.74 Å². The third-order valence-electron chi connectivity index (χ3n) is 1.07. The molecule has 0 unspecified atom stereocenters. The predicted molar refractivity (Wildman–Crippen MR) is 49.5 cm³/mol. The van der Waals surface area contributed by atoms with Crippen LogP contribution in [0.2, 0.25) is 0 Å². The predicted octanol–water partition coefficient (Wildman–Crippen LogP) is 3.98. The average Bonchev–Trinajstić information content (AvgIpc) is 2.04. The molecule has 0 saturated heterocycles. The van der Waals surface area contributed by atoms with Gasteiger partial charge in [0.15, 0.2) is 0 Å². The summed E-state index contributed by atoms with van der Waals surface area (Å²) < 4.78 is 4.95. The monoisotopic (exact) mass is 194 g/mol. The van der Waals surface area contributed by atoms with Crippen LogP contribution < -0.4 is 0 Å². The quantitative estimate of drug-likeness (QED) is 0.616. The van der Waals surface area contributed by atoms with Gasteiger partial charge in [0.25, 0.3) is 0 Å². The first kappa shape index (κ1) is 10.9. The molecule has 3 heteroatoms. The van der Waals surface area contributed by atoms with E-state index >= 15 is 0 Å². The van der Waals surface area contributed by atoms with Gasteiger partial charge in [0.2, 0.25) is 0 Å². The molecule has 0 aromatic carbocycles. The van der Waals surface area contributed by atoms with E-state index in [0.717, 1.165) is 12.8 Å². The molecule has 0 aliphatic heterocycles. The number of ether oxygens (including phenoxy) is 1. The van der Waals surface area contributed by atoms with E-state index in [9.17, 15) is 0 Å². The Morgan fingerprint density at radius 3 is 1.73 bits per heavy atom. The largest absolute Gasteiger partial charge is 0.470 e.